The van der Waals surface area contributed by atoms with Crippen LogP contribution in [-0.4, -0.2) is 71.1 Å². The molecule has 2 unspecified atom stereocenters. The molecule has 2 aromatic carbocycles. The maximum absolute atomic E-state index is 12.9. The number of aromatic nitrogens is 2. The molecule has 0 saturated heterocycles. The van der Waals surface area contributed by atoms with Gasteiger partial charge in [0.25, 0.3) is 0 Å². The Bertz CT molecular complexity index is 1300. The lowest BCUT2D eigenvalue weighted by molar-refractivity contribution is -0.128. The van der Waals surface area contributed by atoms with Crippen LogP contribution in [0.15, 0.2) is 61.1 Å². The van der Waals surface area contributed by atoms with Gasteiger partial charge in [-0.05, 0) is 61.8 Å². The topological polar surface area (TPSA) is 120 Å². The highest BCUT2D eigenvalue weighted by atomic mass is 16.5. The summed E-state index contributed by atoms with van der Waals surface area (Å²) in [4.78, 5) is 34.7. The molecule has 0 bridgehead atoms. The first-order valence-corrected chi connectivity index (χ1v) is 13.2. The summed E-state index contributed by atoms with van der Waals surface area (Å²) in [6.07, 6.45) is 6.88. The van der Waals surface area contributed by atoms with Crippen LogP contribution in [0.2, 0.25) is 0 Å². The lowest BCUT2D eigenvalue weighted by atomic mass is 9.92. The first kappa shape index (κ1) is 28.1. The molecule has 2 heterocycles. The van der Waals surface area contributed by atoms with E-state index in [1.807, 2.05) is 30.3 Å². The summed E-state index contributed by atoms with van der Waals surface area (Å²) in [5.41, 5.74) is 5.87. The number of hydrogen-bond acceptors (Lipinski definition) is 6. The Morgan fingerprint density at radius 1 is 1.18 bits per heavy atom. The molecule has 2 atom stereocenters. The Balaban J connectivity index is 1.44. The molecule has 0 fully saturated rings. The van der Waals surface area contributed by atoms with Crippen molar-refractivity contribution in [3.05, 3.63) is 89.0 Å². The van der Waals surface area contributed by atoms with Gasteiger partial charge in [0, 0.05) is 24.7 Å². The summed E-state index contributed by atoms with van der Waals surface area (Å²) < 4.78 is 6.14. The summed E-state index contributed by atoms with van der Waals surface area (Å²) >= 11 is 0. The molecule has 39 heavy (non-hydrogen) atoms. The summed E-state index contributed by atoms with van der Waals surface area (Å²) in [5.74, 6) is 0.153. The molecule has 0 spiro atoms. The monoisotopic (exact) mass is 531 g/mol. The van der Waals surface area contributed by atoms with Crippen molar-refractivity contribution in [2.24, 2.45) is 0 Å². The fourth-order valence-electron chi connectivity index (χ4n) is 4.61. The van der Waals surface area contributed by atoms with Gasteiger partial charge in [-0.2, -0.15) is 0 Å². The molecular formula is C30H37N5O4. The van der Waals surface area contributed by atoms with Gasteiger partial charge >= 0.3 is 0 Å². The smallest absolute Gasteiger partial charge is 0.242 e. The third kappa shape index (κ3) is 7.55. The number of aliphatic hydroxyl groups excluding tert-OH is 1. The van der Waals surface area contributed by atoms with Crippen molar-refractivity contribution in [3.8, 4) is 5.75 Å². The third-order valence-electron chi connectivity index (χ3n) is 6.66. The van der Waals surface area contributed by atoms with Crippen LogP contribution in [0.25, 0.3) is 5.57 Å². The molecule has 9 nitrogen and oxygen atoms in total. The number of hydrogen-bond donors (Lipinski definition) is 4. The Labute approximate surface area is 229 Å². The molecule has 9 heteroatoms. The first-order chi connectivity index (χ1) is 18.8. The van der Waals surface area contributed by atoms with Gasteiger partial charge in [0.05, 0.1) is 31.1 Å². The average molecular weight is 532 g/mol. The van der Waals surface area contributed by atoms with E-state index >= 15 is 0 Å². The Kier molecular flexibility index (Phi) is 9.51. The minimum atomic E-state index is -0.761. The van der Waals surface area contributed by atoms with Crippen molar-refractivity contribution in [3.63, 3.8) is 0 Å². The first-order valence-electron chi connectivity index (χ1n) is 13.2. The number of fused-ring (bicyclic) bond motifs is 2. The number of aromatic amines is 1. The predicted octanol–water partition coefficient (Wildman–Crippen LogP) is 2.45. The summed E-state index contributed by atoms with van der Waals surface area (Å²) in [5, 5.41) is 15.2. The van der Waals surface area contributed by atoms with E-state index in [2.05, 4.69) is 57.8 Å². The van der Waals surface area contributed by atoms with Crippen LogP contribution in [-0.2, 0) is 29.0 Å². The zero-order valence-electron chi connectivity index (χ0n) is 22.7. The van der Waals surface area contributed by atoms with E-state index in [-0.39, 0.29) is 24.8 Å². The van der Waals surface area contributed by atoms with Crippen molar-refractivity contribution in [1.29, 1.82) is 0 Å². The van der Waals surface area contributed by atoms with Gasteiger partial charge < -0.3 is 30.4 Å². The lowest BCUT2D eigenvalue weighted by Crippen LogP contribution is -2.50. The van der Waals surface area contributed by atoms with Crippen LogP contribution >= 0.6 is 0 Å². The van der Waals surface area contributed by atoms with Gasteiger partial charge in [0.15, 0.2) is 0 Å². The van der Waals surface area contributed by atoms with E-state index in [0.717, 1.165) is 52.2 Å². The number of carbonyl (C=O) groups excluding carboxylic acids is 2. The van der Waals surface area contributed by atoms with Crippen LogP contribution in [0.1, 0.15) is 41.3 Å². The molecule has 0 saturated carbocycles. The fourth-order valence-corrected chi connectivity index (χ4v) is 4.61. The number of imidazole rings is 1. The van der Waals surface area contributed by atoms with Crippen molar-refractivity contribution in [2.45, 2.75) is 44.9 Å². The van der Waals surface area contributed by atoms with Gasteiger partial charge in [-0.15, -0.1) is 0 Å². The van der Waals surface area contributed by atoms with Crippen LogP contribution in [0.5, 0.6) is 5.75 Å². The second kappa shape index (κ2) is 13.2. The van der Waals surface area contributed by atoms with Crippen LogP contribution in [0.3, 0.4) is 0 Å². The van der Waals surface area contributed by atoms with Gasteiger partial charge in [-0.1, -0.05) is 36.4 Å². The van der Waals surface area contributed by atoms with Crippen molar-refractivity contribution >= 4 is 17.4 Å². The molecule has 4 N–H and O–H groups in total. The van der Waals surface area contributed by atoms with Gasteiger partial charge in [0.2, 0.25) is 11.8 Å². The quantitative estimate of drug-likeness (QED) is 0.302. The van der Waals surface area contributed by atoms with E-state index in [1.165, 1.54) is 0 Å². The van der Waals surface area contributed by atoms with Crippen molar-refractivity contribution in [1.82, 2.24) is 25.5 Å². The second-order valence-electron chi connectivity index (χ2n) is 10.1. The molecular weight excluding hydrogens is 494 g/mol. The predicted molar refractivity (Wildman–Crippen MR) is 150 cm³/mol. The SMILES string of the molecule is CC(NC(=O)Cc1ccc2c(c1)/C(=C\CCN(C)C)c1ccccc1CO2)C(=O)NC(CO)Cc1c[nH]cn1. The number of benzene rings is 2. The molecule has 2 amide bonds. The summed E-state index contributed by atoms with van der Waals surface area (Å²) in [6, 6.07) is 12.8. The number of ether oxygens (including phenoxy) is 1. The molecule has 206 valence electrons. The largest absolute Gasteiger partial charge is 0.488 e. The maximum Gasteiger partial charge on any atom is 0.242 e. The minimum Gasteiger partial charge on any atom is -0.488 e. The fraction of sp³-hybridized carbons (Fsp3) is 0.367. The number of nitrogens with one attached hydrogen (secondary N) is 3. The van der Waals surface area contributed by atoms with E-state index in [9.17, 15) is 14.7 Å². The number of nitrogens with zero attached hydrogens (tertiary/aromatic N) is 2. The zero-order valence-corrected chi connectivity index (χ0v) is 22.7. The molecule has 1 aromatic heterocycles. The van der Waals surface area contributed by atoms with Crippen LogP contribution < -0.4 is 15.4 Å². The number of rotatable bonds is 11. The van der Waals surface area contributed by atoms with Gasteiger partial charge in [-0.3, -0.25) is 9.59 Å². The molecule has 0 aliphatic carbocycles. The van der Waals surface area contributed by atoms with Crippen LogP contribution in [0.4, 0.5) is 0 Å². The van der Waals surface area contributed by atoms with Gasteiger partial charge in [0.1, 0.15) is 18.4 Å². The Morgan fingerprint density at radius 2 is 2.00 bits per heavy atom. The normalized spacial score (nSPS) is 15.1. The number of aliphatic hydroxyl groups is 1. The second-order valence-corrected chi connectivity index (χ2v) is 10.1. The number of H-pyrrole nitrogens is 1. The molecule has 4 rings (SSSR count). The van der Waals surface area contributed by atoms with Crippen LogP contribution in [0, 0.1) is 0 Å². The van der Waals surface area contributed by atoms with E-state index < -0.39 is 12.1 Å². The number of amides is 2. The lowest BCUT2D eigenvalue weighted by Gasteiger charge is -2.19. The van der Waals surface area contributed by atoms with E-state index in [1.54, 1.807) is 19.4 Å². The average Bonchev–Trinajstić information content (AvgIpc) is 3.37. The van der Waals surface area contributed by atoms with E-state index in [4.69, 9.17) is 4.74 Å². The minimum absolute atomic E-state index is 0.119. The van der Waals surface area contributed by atoms with Gasteiger partial charge in [-0.25, -0.2) is 4.98 Å². The molecule has 3 aromatic rings. The third-order valence-corrected chi connectivity index (χ3v) is 6.66. The zero-order chi connectivity index (χ0) is 27.8. The molecule has 0 radical (unpaired) electrons. The summed E-state index contributed by atoms with van der Waals surface area (Å²) in [6.45, 7) is 2.80. The maximum atomic E-state index is 12.9. The van der Waals surface area contributed by atoms with E-state index in [0.29, 0.717) is 13.0 Å². The Hall–Kier alpha value is -3.95. The Morgan fingerprint density at radius 3 is 2.74 bits per heavy atom. The molecule has 1 aliphatic rings. The number of carbonyl (C=O) groups is 2. The summed E-state index contributed by atoms with van der Waals surface area (Å²) in [7, 11) is 4.11. The molecule has 1 aliphatic heterocycles. The highest BCUT2D eigenvalue weighted by molar-refractivity contribution is 5.89. The highest BCUT2D eigenvalue weighted by Crippen LogP contribution is 2.37. The van der Waals surface area contributed by atoms with Crippen molar-refractivity contribution in [2.75, 3.05) is 27.2 Å². The standard InChI is InChI=1S/C30H37N5O4/c1-20(30(38)34-24(17-36)15-23-16-31-19-32-23)33-29(37)14-21-10-11-28-27(13-21)26(9-6-12-35(2)3)25-8-5-4-7-22(25)18-39-28/h4-5,7-11,13,16,19-20,24,36H,6,12,14-15,17-18H2,1-3H3,(H,31,32)(H,33,37)(H,34,38)/b26-9-. The van der Waals surface area contributed by atoms with Crippen molar-refractivity contribution < 1.29 is 19.4 Å². The highest BCUT2D eigenvalue weighted by Gasteiger charge is 2.22.